The van der Waals surface area contributed by atoms with Crippen LogP contribution in [0.25, 0.3) is 10.6 Å². The molecule has 2 amide bonds. The van der Waals surface area contributed by atoms with Gasteiger partial charge in [0.1, 0.15) is 10.7 Å². The van der Waals surface area contributed by atoms with E-state index in [4.69, 9.17) is 5.73 Å². The van der Waals surface area contributed by atoms with Gasteiger partial charge in [0, 0.05) is 16.3 Å². The monoisotopic (exact) mass is 358 g/mol. The third-order valence-corrected chi connectivity index (χ3v) is 4.86. The highest BCUT2D eigenvalue weighted by atomic mass is 32.1. The fourth-order valence-electron chi connectivity index (χ4n) is 1.99. The molecule has 24 heavy (non-hydrogen) atoms. The van der Waals surface area contributed by atoms with E-state index in [-0.39, 0.29) is 12.3 Å². The minimum absolute atomic E-state index is 0.0562. The van der Waals surface area contributed by atoms with Crippen molar-refractivity contribution in [2.45, 2.75) is 13.3 Å². The fourth-order valence-corrected chi connectivity index (χ4v) is 3.50. The molecule has 0 spiro atoms. The second kappa shape index (κ2) is 6.90. The standard InChI is InChI=1S/C16H14N4O2S2/c1-9-2-4-10(5-3-9)15-19-12(8-23-15)14(22)20-16-18-11(7-24-16)6-13(17)21/h2-5,7-8H,6H2,1H3,(H2,17,21)(H,18,20,22). The maximum absolute atomic E-state index is 12.3. The van der Waals surface area contributed by atoms with Crippen LogP contribution in [0.4, 0.5) is 5.13 Å². The molecule has 0 atom stereocenters. The summed E-state index contributed by atoms with van der Waals surface area (Å²) in [6.45, 7) is 2.02. The highest BCUT2D eigenvalue weighted by molar-refractivity contribution is 7.14. The van der Waals surface area contributed by atoms with Gasteiger partial charge in [0.05, 0.1) is 12.1 Å². The number of amides is 2. The van der Waals surface area contributed by atoms with Gasteiger partial charge in [0.2, 0.25) is 5.91 Å². The van der Waals surface area contributed by atoms with E-state index in [1.165, 1.54) is 28.2 Å². The summed E-state index contributed by atoms with van der Waals surface area (Å²) in [7, 11) is 0. The SMILES string of the molecule is Cc1ccc(-c2nc(C(=O)Nc3nc(CC(N)=O)cs3)cs2)cc1. The quantitative estimate of drug-likeness (QED) is 0.733. The molecule has 8 heteroatoms. The second-order valence-corrected chi connectivity index (χ2v) is 6.86. The molecule has 1 aromatic carbocycles. The molecule has 2 aromatic heterocycles. The molecule has 122 valence electrons. The zero-order chi connectivity index (χ0) is 17.1. The smallest absolute Gasteiger partial charge is 0.276 e. The molecule has 3 aromatic rings. The predicted octanol–water partition coefficient (Wildman–Crippen LogP) is 2.86. The zero-order valence-corrected chi connectivity index (χ0v) is 14.4. The summed E-state index contributed by atoms with van der Waals surface area (Å²) in [5.74, 6) is -0.787. The summed E-state index contributed by atoms with van der Waals surface area (Å²) in [5.41, 5.74) is 8.15. The molecule has 3 N–H and O–H groups in total. The minimum atomic E-state index is -0.458. The highest BCUT2D eigenvalue weighted by Gasteiger charge is 2.14. The van der Waals surface area contributed by atoms with Gasteiger partial charge in [-0.05, 0) is 6.92 Å². The van der Waals surface area contributed by atoms with Crippen LogP contribution in [0.5, 0.6) is 0 Å². The van der Waals surface area contributed by atoms with Crippen molar-refractivity contribution < 1.29 is 9.59 Å². The van der Waals surface area contributed by atoms with Crippen LogP contribution in [-0.2, 0) is 11.2 Å². The maximum atomic E-state index is 12.3. The lowest BCUT2D eigenvalue weighted by atomic mass is 10.2. The van der Waals surface area contributed by atoms with Gasteiger partial charge in [-0.15, -0.1) is 22.7 Å². The van der Waals surface area contributed by atoms with Crippen LogP contribution in [0.15, 0.2) is 35.0 Å². The molecule has 0 aliphatic heterocycles. The molecule has 0 unspecified atom stereocenters. The normalized spacial score (nSPS) is 10.5. The second-order valence-electron chi connectivity index (χ2n) is 5.15. The number of carbonyl (C=O) groups excluding carboxylic acids is 2. The molecule has 0 aliphatic carbocycles. The first-order valence-electron chi connectivity index (χ1n) is 7.08. The van der Waals surface area contributed by atoms with Crippen LogP contribution >= 0.6 is 22.7 Å². The molecule has 0 fully saturated rings. The lowest BCUT2D eigenvalue weighted by Gasteiger charge is -1.98. The zero-order valence-electron chi connectivity index (χ0n) is 12.8. The Balaban J connectivity index is 1.70. The number of aryl methyl sites for hydroxylation is 1. The first-order chi connectivity index (χ1) is 11.5. The number of aromatic nitrogens is 2. The number of hydrogen-bond acceptors (Lipinski definition) is 6. The Morgan fingerprint density at radius 2 is 1.88 bits per heavy atom. The molecule has 2 heterocycles. The van der Waals surface area contributed by atoms with E-state index in [2.05, 4.69) is 15.3 Å². The number of hydrogen-bond donors (Lipinski definition) is 2. The number of nitrogens with two attached hydrogens (primary N) is 1. The molecule has 0 radical (unpaired) electrons. The van der Waals surface area contributed by atoms with Gasteiger partial charge in [-0.25, -0.2) is 9.97 Å². The van der Waals surface area contributed by atoms with Gasteiger partial charge in [0.15, 0.2) is 5.13 Å². The number of nitrogens with one attached hydrogen (secondary N) is 1. The van der Waals surface area contributed by atoms with Gasteiger partial charge < -0.3 is 5.73 Å². The third kappa shape index (κ3) is 3.84. The lowest BCUT2D eigenvalue weighted by molar-refractivity contribution is -0.117. The Morgan fingerprint density at radius 3 is 2.58 bits per heavy atom. The van der Waals surface area contributed by atoms with E-state index in [0.29, 0.717) is 16.5 Å². The Bertz CT molecular complexity index is 884. The van der Waals surface area contributed by atoms with Gasteiger partial charge in [0.25, 0.3) is 5.91 Å². The summed E-state index contributed by atoms with van der Waals surface area (Å²) < 4.78 is 0. The largest absolute Gasteiger partial charge is 0.369 e. The molecule has 6 nitrogen and oxygen atoms in total. The van der Waals surface area contributed by atoms with E-state index in [1.54, 1.807) is 10.8 Å². The van der Waals surface area contributed by atoms with Crippen LogP contribution in [0.2, 0.25) is 0 Å². The number of primary amides is 1. The average molecular weight is 358 g/mol. The van der Waals surface area contributed by atoms with E-state index in [9.17, 15) is 9.59 Å². The number of carbonyl (C=O) groups is 2. The molecular weight excluding hydrogens is 344 g/mol. The van der Waals surface area contributed by atoms with Gasteiger partial charge in [-0.3, -0.25) is 14.9 Å². The van der Waals surface area contributed by atoms with E-state index < -0.39 is 5.91 Å². The van der Waals surface area contributed by atoms with Crippen molar-refractivity contribution in [1.82, 2.24) is 9.97 Å². The van der Waals surface area contributed by atoms with Crippen molar-refractivity contribution in [2.75, 3.05) is 5.32 Å². The van der Waals surface area contributed by atoms with Crippen LogP contribution in [0.3, 0.4) is 0 Å². The van der Waals surface area contributed by atoms with Crippen molar-refractivity contribution in [1.29, 1.82) is 0 Å². The predicted molar refractivity (Wildman–Crippen MR) is 95.3 cm³/mol. The van der Waals surface area contributed by atoms with E-state index >= 15 is 0 Å². The van der Waals surface area contributed by atoms with Crippen LogP contribution < -0.4 is 11.1 Å². The first-order valence-corrected chi connectivity index (χ1v) is 8.84. The molecule has 0 aliphatic rings. The Labute approximate surface area is 146 Å². The number of thiazole rings is 2. The number of anilines is 1. The Hall–Kier alpha value is -2.58. The molecule has 0 saturated carbocycles. The number of nitrogens with zero attached hydrogens (tertiary/aromatic N) is 2. The molecule has 0 saturated heterocycles. The van der Waals surface area contributed by atoms with Gasteiger partial charge in [-0.2, -0.15) is 0 Å². The first kappa shape index (κ1) is 16.3. The summed E-state index contributed by atoms with van der Waals surface area (Å²) in [5, 5.41) is 7.29. The van der Waals surface area contributed by atoms with Crippen LogP contribution in [0, 0.1) is 6.92 Å². The molecule has 0 bridgehead atoms. The van der Waals surface area contributed by atoms with Gasteiger partial charge in [-0.1, -0.05) is 29.8 Å². The van der Waals surface area contributed by atoms with Crippen molar-refractivity contribution in [3.63, 3.8) is 0 Å². The van der Waals surface area contributed by atoms with Crippen molar-refractivity contribution in [3.8, 4) is 10.6 Å². The maximum Gasteiger partial charge on any atom is 0.276 e. The highest BCUT2D eigenvalue weighted by Crippen LogP contribution is 2.25. The number of benzene rings is 1. The van der Waals surface area contributed by atoms with E-state index in [1.807, 2.05) is 31.2 Å². The fraction of sp³-hybridized carbons (Fsp3) is 0.125. The Morgan fingerprint density at radius 1 is 1.12 bits per heavy atom. The summed E-state index contributed by atoms with van der Waals surface area (Å²) in [6, 6.07) is 7.97. The Kier molecular flexibility index (Phi) is 4.68. The molecular formula is C16H14N4O2S2. The van der Waals surface area contributed by atoms with Crippen LogP contribution in [0.1, 0.15) is 21.7 Å². The average Bonchev–Trinajstić information content (AvgIpc) is 3.17. The lowest BCUT2D eigenvalue weighted by Crippen LogP contribution is -2.14. The van der Waals surface area contributed by atoms with Gasteiger partial charge >= 0.3 is 0 Å². The summed E-state index contributed by atoms with van der Waals surface area (Å²) in [4.78, 5) is 31.6. The third-order valence-electron chi connectivity index (χ3n) is 3.16. The number of rotatable bonds is 5. The topological polar surface area (TPSA) is 98.0 Å². The van der Waals surface area contributed by atoms with Crippen molar-refractivity contribution in [3.05, 3.63) is 52.0 Å². The summed E-state index contributed by atoms with van der Waals surface area (Å²) >= 11 is 2.65. The van der Waals surface area contributed by atoms with Crippen molar-refractivity contribution in [2.24, 2.45) is 5.73 Å². The van der Waals surface area contributed by atoms with E-state index in [0.717, 1.165) is 10.6 Å². The van der Waals surface area contributed by atoms with Crippen LogP contribution in [-0.4, -0.2) is 21.8 Å². The van der Waals surface area contributed by atoms with Crippen molar-refractivity contribution >= 4 is 39.6 Å². The minimum Gasteiger partial charge on any atom is -0.369 e. The summed E-state index contributed by atoms with van der Waals surface area (Å²) in [6.07, 6.45) is 0.0562. The molecule has 3 rings (SSSR count).